The van der Waals surface area contributed by atoms with E-state index in [0.29, 0.717) is 30.5 Å². The number of allylic oxidation sites excluding steroid dienone is 3. The van der Waals surface area contributed by atoms with Crippen molar-refractivity contribution in [1.82, 2.24) is 0 Å². The predicted molar refractivity (Wildman–Crippen MR) is 93.0 cm³/mol. The molecule has 0 heterocycles. The Morgan fingerprint density at radius 3 is 2.65 bits per heavy atom. The van der Waals surface area contributed by atoms with Gasteiger partial charge in [-0.25, -0.2) is 0 Å². The third-order valence-corrected chi connectivity index (χ3v) is 7.48. The van der Waals surface area contributed by atoms with Gasteiger partial charge in [-0.2, -0.15) is 0 Å². The summed E-state index contributed by atoms with van der Waals surface area (Å²) >= 11 is 0. The van der Waals surface area contributed by atoms with E-state index in [4.69, 9.17) is 0 Å². The molecule has 126 valence electrons. The van der Waals surface area contributed by atoms with Gasteiger partial charge in [0.2, 0.25) is 0 Å². The van der Waals surface area contributed by atoms with Crippen LogP contribution in [0.25, 0.3) is 0 Å². The van der Waals surface area contributed by atoms with E-state index in [1.165, 1.54) is 18.4 Å². The van der Waals surface area contributed by atoms with Crippen molar-refractivity contribution in [1.29, 1.82) is 0 Å². The molecule has 4 atom stereocenters. The van der Waals surface area contributed by atoms with Crippen LogP contribution in [0.2, 0.25) is 0 Å². The SMILES string of the molecule is C=C1C(=O)C[C@@H](C)[C@]1(C)CC[C@H]1CCCC2=CC(=O)CC[C@@]21C. The number of ketones is 2. The van der Waals surface area contributed by atoms with Gasteiger partial charge in [-0.15, -0.1) is 0 Å². The summed E-state index contributed by atoms with van der Waals surface area (Å²) in [5, 5.41) is 0. The maximum Gasteiger partial charge on any atom is 0.159 e. The van der Waals surface area contributed by atoms with Gasteiger partial charge in [0.05, 0.1) is 0 Å². The van der Waals surface area contributed by atoms with E-state index in [1.807, 2.05) is 6.08 Å². The van der Waals surface area contributed by atoms with Gasteiger partial charge in [-0.3, -0.25) is 9.59 Å². The van der Waals surface area contributed by atoms with Crippen LogP contribution in [-0.2, 0) is 9.59 Å². The Bertz CT molecular complexity index is 585. The Morgan fingerprint density at radius 2 is 2.00 bits per heavy atom. The molecular formula is C21H30O2. The van der Waals surface area contributed by atoms with Crippen molar-refractivity contribution >= 4 is 11.6 Å². The minimum Gasteiger partial charge on any atom is -0.295 e. The molecule has 0 bridgehead atoms. The molecule has 23 heavy (non-hydrogen) atoms. The molecule has 3 rings (SSSR count). The maximum absolute atomic E-state index is 12.0. The Kier molecular flexibility index (Phi) is 4.14. The number of fused-ring (bicyclic) bond motifs is 1. The molecule has 0 radical (unpaired) electrons. The van der Waals surface area contributed by atoms with Crippen LogP contribution in [0.5, 0.6) is 0 Å². The molecule has 2 fully saturated rings. The zero-order chi connectivity index (χ0) is 16.8. The Balaban J connectivity index is 1.75. The van der Waals surface area contributed by atoms with Gasteiger partial charge >= 0.3 is 0 Å². The highest BCUT2D eigenvalue weighted by atomic mass is 16.1. The van der Waals surface area contributed by atoms with Gasteiger partial charge in [-0.1, -0.05) is 32.9 Å². The largest absolute Gasteiger partial charge is 0.295 e. The zero-order valence-corrected chi connectivity index (χ0v) is 14.9. The summed E-state index contributed by atoms with van der Waals surface area (Å²) < 4.78 is 0. The van der Waals surface area contributed by atoms with E-state index < -0.39 is 0 Å². The molecule has 0 aromatic rings. The summed E-state index contributed by atoms with van der Waals surface area (Å²) in [4.78, 5) is 23.8. The highest BCUT2D eigenvalue weighted by molar-refractivity contribution is 5.98. The standard InChI is InChI=1S/C21H30O2/c1-14-12-19(23)15(2)20(14,3)10-8-16-6-5-7-17-13-18(22)9-11-21(16,17)4/h13-14,16H,2,5-12H2,1,3-4H3/t14-,16-,20+,21-/m1/s1. The van der Waals surface area contributed by atoms with Gasteiger partial charge < -0.3 is 0 Å². The highest BCUT2D eigenvalue weighted by Gasteiger charge is 2.47. The van der Waals surface area contributed by atoms with Crippen molar-refractivity contribution in [2.24, 2.45) is 22.7 Å². The van der Waals surface area contributed by atoms with Gasteiger partial charge in [0.15, 0.2) is 11.6 Å². The average Bonchev–Trinajstić information content (AvgIpc) is 2.70. The van der Waals surface area contributed by atoms with Crippen molar-refractivity contribution in [3.63, 3.8) is 0 Å². The first-order valence-corrected chi connectivity index (χ1v) is 9.24. The van der Waals surface area contributed by atoms with Crippen molar-refractivity contribution in [2.45, 2.75) is 72.1 Å². The van der Waals surface area contributed by atoms with E-state index in [9.17, 15) is 9.59 Å². The van der Waals surface area contributed by atoms with Crippen LogP contribution >= 0.6 is 0 Å². The highest BCUT2D eigenvalue weighted by Crippen LogP contribution is 2.54. The fourth-order valence-corrected chi connectivity index (χ4v) is 5.23. The second-order valence-corrected chi connectivity index (χ2v) is 8.61. The maximum atomic E-state index is 12.0. The Morgan fingerprint density at radius 1 is 1.26 bits per heavy atom. The topological polar surface area (TPSA) is 34.1 Å². The van der Waals surface area contributed by atoms with Crippen molar-refractivity contribution < 1.29 is 9.59 Å². The number of rotatable bonds is 3. The van der Waals surface area contributed by atoms with Gasteiger partial charge in [0, 0.05) is 12.8 Å². The van der Waals surface area contributed by atoms with E-state index in [0.717, 1.165) is 31.3 Å². The molecule has 0 spiro atoms. The first-order chi connectivity index (χ1) is 10.8. The van der Waals surface area contributed by atoms with Crippen LogP contribution in [0, 0.1) is 22.7 Å². The molecule has 2 saturated carbocycles. The first kappa shape index (κ1) is 16.7. The monoisotopic (exact) mass is 314 g/mol. The summed E-state index contributed by atoms with van der Waals surface area (Å²) in [6, 6.07) is 0. The summed E-state index contributed by atoms with van der Waals surface area (Å²) in [6.07, 6.45) is 10.1. The predicted octanol–water partition coefficient (Wildman–Crippen LogP) is 5.03. The van der Waals surface area contributed by atoms with Crippen molar-refractivity contribution in [3.05, 3.63) is 23.8 Å². The molecule has 0 saturated heterocycles. The van der Waals surface area contributed by atoms with Crippen LogP contribution in [0.4, 0.5) is 0 Å². The minimum absolute atomic E-state index is 0.0285. The van der Waals surface area contributed by atoms with Crippen LogP contribution < -0.4 is 0 Å². The molecule has 0 N–H and O–H groups in total. The van der Waals surface area contributed by atoms with Gasteiger partial charge in [0.1, 0.15) is 0 Å². The van der Waals surface area contributed by atoms with E-state index in [2.05, 4.69) is 27.4 Å². The van der Waals surface area contributed by atoms with E-state index >= 15 is 0 Å². The van der Waals surface area contributed by atoms with Crippen LogP contribution in [0.1, 0.15) is 72.1 Å². The second-order valence-electron chi connectivity index (χ2n) is 8.61. The Hall–Kier alpha value is -1.18. The van der Waals surface area contributed by atoms with Crippen LogP contribution in [0.15, 0.2) is 23.8 Å². The summed E-state index contributed by atoms with van der Waals surface area (Å²) in [6.45, 7) is 10.9. The van der Waals surface area contributed by atoms with E-state index in [-0.39, 0.29) is 16.6 Å². The van der Waals surface area contributed by atoms with Crippen molar-refractivity contribution in [3.8, 4) is 0 Å². The molecule has 3 aliphatic carbocycles. The average molecular weight is 314 g/mol. The lowest BCUT2D eigenvalue weighted by Gasteiger charge is -2.47. The molecule has 0 aliphatic heterocycles. The van der Waals surface area contributed by atoms with Gasteiger partial charge in [-0.05, 0) is 72.8 Å². The summed E-state index contributed by atoms with van der Waals surface area (Å²) in [5.74, 6) is 1.62. The molecule has 2 heteroatoms. The quantitative estimate of drug-likeness (QED) is 0.684. The number of hydrogen-bond acceptors (Lipinski definition) is 2. The normalized spacial score (nSPS) is 41.0. The number of hydrogen-bond donors (Lipinski definition) is 0. The summed E-state index contributed by atoms with van der Waals surface area (Å²) in [5.41, 5.74) is 2.42. The molecule has 2 nitrogen and oxygen atoms in total. The molecule has 0 aromatic heterocycles. The lowest BCUT2D eigenvalue weighted by Crippen LogP contribution is -2.37. The fourth-order valence-electron chi connectivity index (χ4n) is 5.23. The fraction of sp³-hybridized carbons (Fsp3) is 0.714. The first-order valence-electron chi connectivity index (χ1n) is 9.24. The number of carbonyl (C=O) groups excluding carboxylic acids is 2. The second kappa shape index (κ2) is 5.72. The Labute approximate surface area is 140 Å². The summed E-state index contributed by atoms with van der Waals surface area (Å²) in [7, 11) is 0. The number of carbonyl (C=O) groups is 2. The van der Waals surface area contributed by atoms with Gasteiger partial charge in [0.25, 0.3) is 0 Å². The smallest absolute Gasteiger partial charge is 0.159 e. The molecule has 0 aromatic carbocycles. The third kappa shape index (κ3) is 2.64. The molecular weight excluding hydrogens is 284 g/mol. The molecule has 0 unspecified atom stereocenters. The zero-order valence-electron chi connectivity index (χ0n) is 14.9. The third-order valence-electron chi connectivity index (χ3n) is 7.48. The lowest BCUT2D eigenvalue weighted by molar-refractivity contribution is -0.116. The molecule has 0 amide bonds. The minimum atomic E-state index is -0.0285. The molecule has 3 aliphatic rings. The lowest BCUT2D eigenvalue weighted by atomic mass is 9.58. The van der Waals surface area contributed by atoms with E-state index in [1.54, 1.807) is 0 Å². The van der Waals surface area contributed by atoms with Crippen LogP contribution in [-0.4, -0.2) is 11.6 Å². The van der Waals surface area contributed by atoms with Crippen LogP contribution in [0.3, 0.4) is 0 Å². The van der Waals surface area contributed by atoms with Crippen molar-refractivity contribution in [2.75, 3.05) is 0 Å². The number of Topliss-reactive ketones (excluding diaryl/α,β-unsaturated/α-hetero) is 1.